The molecule has 0 saturated carbocycles. The van der Waals surface area contributed by atoms with Crippen LogP contribution in [0.1, 0.15) is 84.8 Å². The van der Waals surface area contributed by atoms with Crippen molar-refractivity contribution in [1.29, 1.82) is 0 Å². The van der Waals surface area contributed by atoms with Crippen molar-refractivity contribution in [2.24, 2.45) is 0 Å². The zero-order valence-corrected chi connectivity index (χ0v) is 21.1. The van der Waals surface area contributed by atoms with Crippen LogP contribution in [0, 0.1) is 0 Å². The van der Waals surface area contributed by atoms with Crippen LogP contribution in [0.15, 0.2) is 24.3 Å². The van der Waals surface area contributed by atoms with Gasteiger partial charge in [0.2, 0.25) is 6.79 Å². The van der Waals surface area contributed by atoms with E-state index in [1.165, 1.54) is 0 Å². The van der Waals surface area contributed by atoms with Gasteiger partial charge in [0.05, 0.1) is 17.5 Å². The van der Waals surface area contributed by atoms with Crippen LogP contribution < -0.4 is 14.2 Å². The number of hydrogen-bond donors (Lipinski definition) is 1. The van der Waals surface area contributed by atoms with Gasteiger partial charge >= 0.3 is 11.9 Å². The number of cyclic esters (lactones) is 1. The molecule has 0 bridgehead atoms. The van der Waals surface area contributed by atoms with E-state index in [4.69, 9.17) is 30.5 Å². The first-order chi connectivity index (χ1) is 17.8. The molecule has 1 N–H and O–H groups in total. The number of benzene rings is 2. The van der Waals surface area contributed by atoms with Gasteiger partial charge in [-0.05, 0) is 61.9 Å². The van der Waals surface area contributed by atoms with Crippen molar-refractivity contribution >= 4 is 35.4 Å². The number of rotatable bonds is 1. The van der Waals surface area contributed by atoms with Gasteiger partial charge in [0.25, 0.3) is 0 Å². The summed E-state index contributed by atoms with van der Waals surface area (Å²) in [5.41, 5.74) is 1.29. The van der Waals surface area contributed by atoms with E-state index in [2.05, 4.69) is 0 Å². The van der Waals surface area contributed by atoms with Crippen LogP contribution in [0.5, 0.6) is 23.0 Å². The molecule has 0 radical (unpaired) electrons. The first kappa shape index (κ1) is 25.1. The Morgan fingerprint density at radius 3 is 2.68 bits per heavy atom. The van der Waals surface area contributed by atoms with Crippen molar-refractivity contribution in [2.45, 2.75) is 63.9 Å². The number of phenols is 1. The Balaban J connectivity index is 1.60. The molecule has 3 heterocycles. The number of ketones is 1. The van der Waals surface area contributed by atoms with Gasteiger partial charge in [0, 0.05) is 24.3 Å². The highest BCUT2D eigenvalue weighted by molar-refractivity contribution is 6.32. The van der Waals surface area contributed by atoms with Gasteiger partial charge in [-0.3, -0.25) is 9.59 Å². The lowest BCUT2D eigenvalue weighted by molar-refractivity contribution is -0.135. The normalized spacial score (nSPS) is 21.9. The fraction of sp³-hybridized carbons (Fsp3) is 0.393. The van der Waals surface area contributed by atoms with Crippen LogP contribution in [0.2, 0.25) is 5.02 Å². The van der Waals surface area contributed by atoms with Crippen molar-refractivity contribution in [3.05, 3.63) is 51.6 Å². The number of allylic oxidation sites excluding steroid dienone is 1. The molecule has 0 spiro atoms. The van der Waals surface area contributed by atoms with E-state index in [1.54, 1.807) is 31.2 Å². The lowest BCUT2D eigenvalue weighted by Crippen LogP contribution is -2.23. The van der Waals surface area contributed by atoms with Crippen molar-refractivity contribution in [3.8, 4) is 23.0 Å². The first-order valence-corrected chi connectivity index (χ1v) is 12.8. The fourth-order valence-corrected chi connectivity index (χ4v) is 5.27. The molecule has 2 aromatic rings. The van der Waals surface area contributed by atoms with Crippen LogP contribution >= 0.6 is 11.6 Å². The molecule has 194 valence electrons. The lowest BCUT2D eigenvalue weighted by atomic mass is 9.83. The number of Topliss-reactive ketones (excluding diaryl/α,β-unsaturated/α-hetero) is 1. The predicted octanol–water partition coefficient (Wildman–Crippen LogP) is 5.70. The molecule has 3 aliphatic rings. The second-order valence-corrected chi connectivity index (χ2v) is 9.92. The molecule has 5 rings (SSSR count). The number of carbonyl (C=O) groups is 3. The van der Waals surface area contributed by atoms with Gasteiger partial charge in [-0.2, -0.15) is 0 Å². The molecule has 0 unspecified atom stereocenters. The molecule has 0 saturated heterocycles. The Kier molecular flexibility index (Phi) is 7.11. The summed E-state index contributed by atoms with van der Waals surface area (Å²) in [5.74, 6) is -0.895. The smallest absolute Gasteiger partial charge is 0.342 e. The lowest BCUT2D eigenvalue weighted by Gasteiger charge is -2.28. The molecule has 2 aromatic carbocycles. The monoisotopic (exact) mass is 526 g/mol. The zero-order valence-electron chi connectivity index (χ0n) is 20.4. The van der Waals surface area contributed by atoms with Crippen LogP contribution in [0.25, 0.3) is 6.08 Å². The van der Waals surface area contributed by atoms with Crippen molar-refractivity contribution in [1.82, 2.24) is 0 Å². The van der Waals surface area contributed by atoms with Gasteiger partial charge in [0.1, 0.15) is 22.8 Å². The van der Waals surface area contributed by atoms with Crippen LogP contribution in [0.3, 0.4) is 0 Å². The van der Waals surface area contributed by atoms with E-state index in [0.29, 0.717) is 71.7 Å². The molecule has 0 amide bonds. The Morgan fingerprint density at radius 1 is 1.03 bits per heavy atom. The largest absolute Gasteiger partial charge is 0.507 e. The summed E-state index contributed by atoms with van der Waals surface area (Å²) in [5, 5.41) is 11.8. The SMILES string of the molecule is C[C@H]1CCCC(=O)CCCC=Cc2cc3c(c(O)c2C(=O)O1)[C@@H](c1cc(Cl)c2c(c1)OCO2)CC(=O)O3. The number of fused-ring (bicyclic) bond motifs is 3. The number of hydrogen-bond acceptors (Lipinski definition) is 8. The highest BCUT2D eigenvalue weighted by Gasteiger charge is 2.36. The minimum Gasteiger partial charge on any atom is -0.507 e. The summed E-state index contributed by atoms with van der Waals surface area (Å²) in [4.78, 5) is 38.0. The summed E-state index contributed by atoms with van der Waals surface area (Å²) in [6.45, 7) is 1.80. The summed E-state index contributed by atoms with van der Waals surface area (Å²) in [6.07, 6.45) is 6.40. The van der Waals surface area contributed by atoms with E-state index >= 15 is 0 Å². The zero-order chi connectivity index (χ0) is 26.1. The number of esters is 2. The van der Waals surface area contributed by atoms with Crippen LogP contribution in [0.4, 0.5) is 0 Å². The highest BCUT2D eigenvalue weighted by Crippen LogP contribution is 2.50. The van der Waals surface area contributed by atoms with Crippen molar-refractivity contribution in [3.63, 3.8) is 0 Å². The maximum absolute atomic E-state index is 13.3. The summed E-state index contributed by atoms with van der Waals surface area (Å²) >= 11 is 6.40. The van der Waals surface area contributed by atoms with Gasteiger partial charge in [-0.15, -0.1) is 0 Å². The molecule has 0 fully saturated rings. The van der Waals surface area contributed by atoms with Crippen molar-refractivity contribution in [2.75, 3.05) is 6.79 Å². The molecule has 0 aliphatic carbocycles. The third-order valence-corrected chi connectivity index (χ3v) is 7.11. The Bertz CT molecular complexity index is 1300. The molecule has 9 heteroatoms. The van der Waals surface area contributed by atoms with Gasteiger partial charge in [-0.25, -0.2) is 4.79 Å². The van der Waals surface area contributed by atoms with Gasteiger partial charge < -0.3 is 24.1 Å². The van der Waals surface area contributed by atoms with E-state index in [-0.39, 0.29) is 36.1 Å². The molecule has 8 nitrogen and oxygen atoms in total. The van der Waals surface area contributed by atoms with Gasteiger partial charge in [0.15, 0.2) is 11.5 Å². The number of carbonyl (C=O) groups excluding carboxylic acids is 3. The molecular formula is C28H27ClO8. The maximum Gasteiger partial charge on any atom is 0.342 e. The number of ether oxygens (including phenoxy) is 4. The van der Waals surface area contributed by atoms with Crippen LogP contribution in [-0.4, -0.2) is 35.7 Å². The topological polar surface area (TPSA) is 108 Å². The average molecular weight is 527 g/mol. The molecule has 37 heavy (non-hydrogen) atoms. The van der Waals surface area contributed by atoms with Crippen molar-refractivity contribution < 1.29 is 38.4 Å². The van der Waals surface area contributed by atoms with E-state index in [0.717, 1.165) is 0 Å². The molecule has 0 aromatic heterocycles. The molecular weight excluding hydrogens is 500 g/mol. The summed E-state index contributed by atoms with van der Waals surface area (Å²) < 4.78 is 22.1. The maximum atomic E-state index is 13.3. The van der Waals surface area contributed by atoms with Crippen LogP contribution in [-0.2, 0) is 14.3 Å². The first-order valence-electron chi connectivity index (χ1n) is 12.4. The third-order valence-electron chi connectivity index (χ3n) is 6.83. The fourth-order valence-electron chi connectivity index (χ4n) is 4.99. The standard InChI is InChI=1S/C28H27ClO8/c1-15-6-5-9-18(30)8-4-2-3-7-16-11-21-25(26(32)24(16)28(33)36-15)19(13-23(31)37-21)17-10-20(29)27-22(12-17)34-14-35-27/h3,7,10-12,15,19,32H,2,4-6,8-9,13-14H2,1H3/t15-,19+/m0/s1. The van der Waals surface area contributed by atoms with E-state index < -0.39 is 24.0 Å². The predicted molar refractivity (Wildman–Crippen MR) is 134 cm³/mol. The Labute approximate surface area is 219 Å². The third kappa shape index (κ3) is 5.16. The average Bonchev–Trinajstić information content (AvgIpc) is 3.32. The summed E-state index contributed by atoms with van der Waals surface area (Å²) in [7, 11) is 0. The molecule has 2 atom stereocenters. The highest BCUT2D eigenvalue weighted by atomic mass is 35.5. The van der Waals surface area contributed by atoms with Gasteiger partial charge in [-0.1, -0.05) is 23.8 Å². The second-order valence-electron chi connectivity index (χ2n) is 9.51. The van der Waals surface area contributed by atoms with E-state index in [1.807, 2.05) is 6.08 Å². The van der Waals surface area contributed by atoms with E-state index in [9.17, 15) is 19.5 Å². The number of aromatic hydroxyl groups is 1. The second kappa shape index (κ2) is 10.5. The Hall–Kier alpha value is -3.52. The minimum atomic E-state index is -0.685. The summed E-state index contributed by atoms with van der Waals surface area (Å²) in [6, 6.07) is 4.95. The number of phenolic OH excluding ortho intramolecular Hbond substituents is 1. The Morgan fingerprint density at radius 2 is 1.84 bits per heavy atom. The minimum absolute atomic E-state index is 0.00442. The molecule has 3 aliphatic heterocycles. The number of halogens is 1. The quantitative estimate of drug-likeness (QED) is 0.372.